The third kappa shape index (κ3) is 5.19. The molecule has 0 aliphatic heterocycles. The van der Waals surface area contributed by atoms with Crippen molar-refractivity contribution in [2.75, 3.05) is 18.4 Å². The van der Waals surface area contributed by atoms with Crippen molar-refractivity contribution in [3.05, 3.63) is 41.8 Å². The Bertz CT molecular complexity index is 512. The maximum absolute atomic E-state index is 5.60. The molecule has 1 heterocycles. The van der Waals surface area contributed by atoms with E-state index in [0.717, 1.165) is 32.4 Å². The highest BCUT2D eigenvalue weighted by Gasteiger charge is 2.12. The zero-order valence-corrected chi connectivity index (χ0v) is 12.8. The van der Waals surface area contributed by atoms with Crippen molar-refractivity contribution in [2.24, 2.45) is 0 Å². The first-order valence-corrected chi connectivity index (χ1v) is 7.64. The van der Waals surface area contributed by atoms with Crippen LogP contribution in [0.1, 0.15) is 44.2 Å². The lowest BCUT2D eigenvalue weighted by atomic mass is 10.1. The number of anilines is 1. The molecule has 2 rings (SSSR count). The molecule has 0 fully saturated rings. The van der Waals surface area contributed by atoms with Crippen LogP contribution in [0.4, 0.5) is 6.01 Å². The molecule has 2 N–H and O–H groups in total. The summed E-state index contributed by atoms with van der Waals surface area (Å²) in [5.74, 6) is 0.633. The van der Waals surface area contributed by atoms with E-state index in [1.54, 1.807) is 0 Å². The molecular weight excluding hydrogens is 264 g/mol. The lowest BCUT2D eigenvalue weighted by molar-refractivity contribution is 0.423. The molecule has 0 bridgehead atoms. The topological polar surface area (TPSA) is 63.0 Å². The molecule has 1 aromatic carbocycles. The molecule has 21 heavy (non-hydrogen) atoms. The monoisotopic (exact) mass is 288 g/mol. The van der Waals surface area contributed by atoms with Crippen LogP contribution in [-0.4, -0.2) is 23.3 Å². The molecule has 5 nitrogen and oxygen atoms in total. The summed E-state index contributed by atoms with van der Waals surface area (Å²) in [6, 6.07) is 11.1. The van der Waals surface area contributed by atoms with Gasteiger partial charge in [0.05, 0.1) is 6.04 Å². The number of nitrogens with one attached hydrogen (secondary N) is 2. The number of hydrogen-bond acceptors (Lipinski definition) is 5. The van der Waals surface area contributed by atoms with Gasteiger partial charge in [0.2, 0.25) is 5.89 Å². The summed E-state index contributed by atoms with van der Waals surface area (Å²) in [5.41, 5.74) is 1.35. The Hall–Kier alpha value is -1.88. The smallest absolute Gasteiger partial charge is 0.315 e. The molecule has 0 radical (unpaired) electrons. The first-order chi connectivity index (χ1) is 10.3. The van der Waals surface area contributed by atoms with Gasteiger partial charge in [0.1, 0.15) is 0 Å². The molecule has 0 saturated carbocycles. The number of nitrogens with zero attached hydrogens (tertiary/aromatic N) is 2. The fourth-order valence-corrected chi connectivity index (χ4v) is 2.06. The van der Waals surface area contributed by atoms with E-state index in [1.807, 2.05) is 13.0 Å². The minimum atomic E-state index is 0.0947. The Labute approximate surface area is 126 Å². The highest BCUT2D eigenvalue weighted by atomic mass is 16.4. The van der Waals surface area contributed by atoms with Crippen molar-refractivity contribution in [1.82, 2.24) is 15.5 Å². The summed E-state index contributed by atoms with van der Waals surface area (Å²) in [6.45, 7) is 5.94. The van der Waals surface area contributed by atoms with Crippen LogP contribution in [0.25, 0.3) is 0 Å². The van der Waals surface area contributed by atoms with Crippen molar-refractivity contribution in [3.8, 4) is 0 Å². The summed E-state index contributed by atoms with van der Waals surface area (Å²) in [4.78, 5) is 0. The summed E-state index contributed by atoms with van der Waals surface area (Å²) in [7, 11) is 0. The molecular formula is C16H24N4O. The predicted octanol–water partition coefficient (Wildman–Crippen LogP) is 3.17. The molecule has 0 spiro atoms. The molecule has 0 amide bonds. The largest absolute Gasteiger partial charge is 0.406 e. The van der Waals surface area contributed by atoms with Gasteiger partial charge >= 0.3 is 6.01 Å². The average Bonchev–Trinajstić information content (AvgIpc) is 2.99. The fraction of sp³-hybridized carbons (Fsp3) is 0.500. The normalized spacial score (nSPS) is 12.3. The van der Waals surface area contributed by atoms with Crippen LogP contribution in [0.2, 0.25) is 0 Å². The highest BCUT2D eigenvalue weighted by Crippen LogP contribution is 2.13. The lowest BCUT2D eigenvalue weighted by Gasteiger charge is -2.07. The molecule has 0 aliphatic carbocycles. The number of aryl methyl sites for hydroxylation is 1. The first-order valence-electron chi connectivity index (χ1n) is 7.64. The maximum atomic E-state index is 5.60. The Morgan fingerprint density at radius 2 is 1.95 bits per heavy atom. The van der Waals surface area contributed by atoms with E-state index >= 15 is 0 Å². The lowest BCUT2D eigenvalue weighted by Crippen LogP contribution is -2.19. The van der Waals surface area contributed by atoms with Gasteiger partial charge in [-0.25, -0.2) is 0 Å². The van der Waals surface area contributed by atoms with Gasteiger partial charge in [-0.15, -0.1) is 5.10 Å². The first kappa shape index (κ1) is 15.5. The van der Waals surface area contributed by atoms with Gasteiger partial charge in [0.15, 0.2) is 0 Å². The van der Waals surface area contributed by atoms with E-state index in [1.165, 1.54) is 5.56 Å². The van der Waals surface area contributed by atoms with Gasteiger partial charge in [0.25, 0.3) is 0 Å². The Morgan fingerprint density at radius 1 is 1.14 bits per heavy atom. The predicted molar refractivity (Wildman–Crippen MR) is 84.3 cm³/mol. The van der Waals surface area contributed by atoms with Crippen molar-refractivity contribution < 1.29 is 4.42 Å². The van der Waals surface area contributed by atoms with E-state index in [2.05, 4.69) is 52.0 Å². The van der Waals surface area contributed by atoms with Gasteiger partial charge in [-0.05, 0) is 38.3 Å². The second-order valence-corrected chi connectivity index (χ2v) is 5.14. The van der Waals surface area contributed by atoms with Crippen molar-refractivity contribution >= 4 is 6.01 Å². The molecule has 1 atom stereocenters. The third-order valence-corrected chi connectivity index (χ3v) is 3.27. The van der Waals surface area contributed by atoms with Gasteiger partial charge < -0.3 is 15.1 Å². The van der Waals surface area contributed by atoms with Crippen LogP contribution in [0.15, 0.2) is 34.7 Å². The number of aromatic nitrogens is 2. The molecule has 2 aromatic rings. The van der Waals surface area contributed by atoms with Crippen LogP contribution in [-0.2, 0) is 6.42 Å². The molecule has 114 valence electrons. The second kappa shape index (κ2) is 8.42. The second-order valence-electron chi connectivity index (χ2n) is 5.14. The number of hydrogen-bond donors (Lipinski definition) is 2. The van der Waals surface area contributed by atoms with E-state index in [4.69, 9.17) is 4.42 Å². The van der Waals surface area contributed by atoms with Gasteiger partial charge in [-0.1, -0.05) is 42.4 Å². The van der Waals surface area contributed by atoms with Crippen LogP contribution < -0.4 is 10.6 Å². The molecule has 0 saturated heterocycles. The Kier molecular flexibility index (Phi) is 6.22. The van der Waals surface area contributed by atoms with E-state index in [-0.39, 0.29) is 6.04 Å². The van der Waals surface area contributed by atoms with Crippen molar-refractivity contribution in [2.45, 2.75) is 39.2 Å². The molecule has 1 unspecified atom stereocenters. The maximum Gasteiger partial charge on any atom is 0.315 e. The zero-order chi connectivity index (χ0) is 14.9. The van der Waals surface area contributed by atoms with E-state index in [9.17, 15) is 0 Å². The Morgan fingerprint density at radius 3 is 2.71 bits per heavy atom. The zero-order valence-electron chi connectivity index (χ0n) is 12.8. The average molecular weight is 288 g/mol. The molecule has 0 aliphatic rings. The summed E-state index contributed by atoms with van der Waals surface area (Å²) >= 11 is 0. The van der Waals surface area contributed by atoms with Gasteiger partial charge in [-0.2, -0.15) is 0 Å². The van der Waals surface area contributed by atoms with Crippen LogP contribution in [0.3, 0.4) is 0 Å². The third-order valence-electron chi connectivity index (χ3n) is 3.27. The SMILES string of the molecule is CCCNC(C)c1nnc(NCCCc2ccccc2)o1. The number of benzene rings is 1. The molecule has 1 aromatic heterocycles. The van der Waals surface area contributed by atoms with Crippen LogP contribution in [0, 0.1) is 0 Å². The summed E-state index contributed by atoms with van der Waals surface area (Å²) < 4.78 is 5.60. The number of rotatable bonds is 9. The van der Waals surface area contributed by atoms with Crippen LogP contribution >= 0.6 is 0 Å². The summed E-state index contributed by atoms with van der Waals surface area (Å²) in [5, 5.41) is 14.6. The summed E-state index contributed by atoms with van der Waals surface area (Å²) in [6.07, 6.45) is 3.16. The fourth-order valence-electron chi connectivity index (χ4n) is 2.06. The minimum absolute atomic E-state index is 0.0947. The Balaban J connectivity index is 1.70. The van der Waals surface area contributed by atoms with Crippen molar-refractivity contribution in [3.63, 3.8) is 0 Å². The quantitative estimate of drug-likeness (QED) is 0.694. The highest BCUT2D eigenvalue weighted by molar-refractivity contribution is 5.18. The van der Waals surface area contributed by atoms with Crippen molar-refractivity contribution in [1.29, 1.82) is 0 Å². The van der Waals surface area contributed by atoms with Gasteiger partial charge in [0, 0.05) is 6.54 Å². The minimum Gasteiger partial charge on any atom is -0.406 e. The van der Waals surface area contributed by atoms with E-state index < -0.39 is 0 Å². The van der Waals surface area contributed by atoms with Crippen LogP contribution in [0.5, 0.6) is 0 Å². The van der Waals surface area contributed by atoms with E-state index in [0.29, 0.717) is 11.9 Å². The van der Waals surface area contributed by atoms with Gasteiger partial charge in [-0.3, -0.25) is 0 Å². The molecule has 5 heteroatoms. The standard InChI is InChI=1S/C16H24N4O/c1-3-11-17-13(2)15-19-20-16(21-15)18-12-7-10-14-8-5-4-6-9-14/h4-6,8-9,13,17H,3,7,10-12H2,1-2H3,(H,18,20).